The number of hydrogen-bond acceptors (Lipinski definition) is 2. The van der Waals surface area contributed by atoms with Crippen LogP contribution in [0.25, 0.3) is 0 Å². The normalized spacial score (nSPS) is 10.4. The Kier molecular flexibility index (Phi) is 4.69. The van der Waals surface area contributed by atoms with Crippen LogP contribution in [0, 0.1) is 0 Å². The van der Waals surface area contributed by atoms with Gasteiger partial charge in [0, 0.05) is 19.3 Å². The Morgan fingerprint density at radius 1 is 1.11 bits per heavy atom. The van der Waals surface area contributed by atoms with E-state index in [2.05, 4.69) is 36.2 Å². The van der Waals surface area contributed by atoms with Crippen LogP contribution >= 0.6 is 11.6 Å². The molecular formula is C16H19ClN2. The molecular weight excluding hydrogens is 256 g/mol. The average molecular weight is 275 g/mol. The van der Waals surface area contributed by atoms with Gasteiger partial charge in [-0.05, 0) is 42.7 Å². The lowest BCUT2D eigenvalue weighted by Crippen LogP contribution is -2.18. The van der Waals surface area contributed by atoms with Gasteiger partial charge >= 0.3 is 0 Å². The van der Waals surface area contributed by atoms with Crippen LogP contribution in [0.5, 0.6) is 0 Å². The Hall–Kier alpha value is -1.67. The zero-order chi connectivity index (χ0) is 13.7. The minimum absolute atomic E-state index is 0.630. The van der Waals surface area contributed by atoms with Gasteiger partial charge in [0.1, 0.15) is 0 Å². The van der Waals surface area contributed by atoms with Crippen LogP contribution in [0.15, 0.2) is 48.5 Å². The summed E-state index contributed by atoms with van der Waals surface area (Å²) < 4.78 is 0. The lowest BCUT2D eigenvalue weighted by atomic mass is 10.1. The highest BCUT2D eigenvalue weighted by Crippen LogP contribution is 2.20. The van der Waals surface area contributed by atoms with Gasteiger partial charge in [-0.2, -0.15) is 0 Å². The van der Waals surface area contributed by atoms with Gasteiger partial charge in [0.05, 0.1) is 10.7 Å². The van der Waals surface area contributed by atoms with E-state index in [1.54, 1.807) is 0 Å². The quantitative estimate of drug-likeness (QED) is 0.836. The fraction of sp³-hybridized carbons (Fsp3) is 0.250. The molecule has 2 nitrogen and oxygen atoms in total. The molecule has 2 aromatic rings. The molecule has 0 aliphatic carbocycles. The second-order valence-corrected chi connectivity index (χ2v) is 5.12. The standard InChI is InChI=1S/C16H19ClN2/c1-19(14-7-3-2-4-8-14)11-5-6-13-9-10-15(17)16(18)12-13/h2-4,7-10,12H,5-6,11,18H2,1H3. The van der Waals surface area contributed by atoms with Crippen molar-refractivity contribution in [1.82, 2.24) is 0 Å². The van der Waals surface area contributed by atoms with Gasteiger partial charge in [-0.1, -0.05) is 35.9 Å². The number of nitrogens with two attached hydrogens (primary N) is 1. The highest BCUT2D eigenvalue weighted by molar-refractivity contribution is 6.33. The van der Waals surface area contributed by atoms with E-state index < -0.39 is 0 Å². The Labute approximate surface area is 119 Å². The topological polar surface area (TPSA) is 29.3 Å². The van der Waals surface area contributed by atoms with Crippen molar-refractivity contribution in [3.8, 4) is 0 Å². The molecule has 19 heavy (non-hydrogen) atoms. The molecule has 2 rings (SSSR count). The maximum Gasteiger partial charge on any atom is 0.0635 e. The van der Waals surface area contributed by atoms with Crippen molar-refractivity contribution in [2.75, 3.05) is 24.2 Å². The van der Waals surface area contributed by atoms with Crippen molar-refractivity contribution < 1.29 is 0 Å². The van der Waals surface area contributed by atoms with Crippen LogP contribution in [0.1, 0.15) is 12.0 Å². The Morgan fingerprint density at radius 2 is 1.84 bits per heavy atom. The summed E-state index contributed by atoms with van der Waals surface area (Å²) >= 11 is 5.91. The highest BCUT2D eigenvalue weighted by atomic mass is 35.5. The van der Waals surface area contributed by atoms with Crippen molar-refractivity contribution in [3.63, 3.8) is 0 Å². The summed E-state index contributed by atoms with van der Waals surface area (Å²) in [6, 6.07) is 16.3. The SMILES string of the molecule is CN(CCCc1ccc(Cl)c(N)c1)c1ccccc1. The van der Waals surface area contributed by atoms with E-state index >= 15 is 0 Å². The van der Waals surface area contributed by atoms with Crippen LogP contribution in [0.3, 0.4) is 0 Å². The average Bonchev–Trinajstić information content (AvgIpc) is 2.43. The molecule has 2 aromatic carbocycles. The zero-order valence-electron chi connectivity index (χ0n) is 11.1. The third kappa shape index (κ3) is 3.90. The number of aryl methyl sites for hydroxylation is 1. The summed E-state index contributed by atoms with van der Waals surface area (Å²) in [7, 11) is 2.12. The van der Waals surface area contributed by atoms with Crippen molar-refractivity contribution in [2.24, 2.45) is 0 Å². The van der Waals surface area contributed by atoms with Gasteiger partial charge in [0.15, 0.2) is 0 Å². The first kappa shape index (κ1) is 13.8. The molecule has 0 fully saturated rings. The van der Waals surface area contributed by atoms with E-state index in [1.807, 2.05) is 24.3 Å². The number of benzene rings is 2. The van der Waals surface area contributed by atoms with E-state index in [1.165, 1.54) is 11.3 Å². The fourth-order valence-corrected chi connectivity index (χ4v) is 2.20. The molecule has 0 amide bonds. The summed E-state index contributed by atoms with van der Waals surface area (Å²) in [5.74, 6) is 0. The maximum absolute atomic E-state index is 5.91. The van der Waals surface area contributed by atoms with Crippen LogP contribution < -0.4 is 10.6 Å². The molecule has 0 atom stereocenters. The molecule has 0 aliphatic rings. The first-order chi connectivity index (χ1) is 9.16. The fourth-order valence-electron chi connectivity index (χ4n) is 2.08. The molecule has 2 N–H and O–H groups in total. The smallest absolute Gasteiger partial charge is 0.0635 e. The van der Waals surface area contributed by atoms with Crippen molar-refractivity contribution in [2.45, 2.75) is 12.8 Å². The molecule has 0 saturated heterocycles. The van der Waals surface area contributed by atoms with Crippen LogP contribution in [-0.2, 0) is 6.42 Å². The molecule has 0 aliphatic heterocycles. The highest BCUT2D eigenvalue weighted by Gasteiger charge is 2.01. The number of hydrogen-bond donors (Lipinski definition) is 1. The predicted molar refractivity (Wildman–Crippen MR) is 83.9 cm³/mol. The molecule has 0 heterocycles. The van der Waals surface area contributed by atoms with Gasteiger partial charge in [-0.25, -0.2) is 0 Å². The summed E-state index contributed by atoms with van der Waals surface area (Å²) in [4.78, 5) is 2.26. The predicted octanol–water partition coefficient (Wildman–Crippen LogP) is 3.99. The third-order valence-corrected chi connectivity index (χ3v) is 3.56. The molecule has 3 heteroatoms. The van der Waals surface area contributed by atoms with E-state index in [-0.39, 0.29) is 0 Å². The molecule has 100 valence electrons. The Balaban J connectivity index is 1.85. The number of halogens is 1. The Bertz CT molecular complexity index is 526. The van der Waals surface area contributed by atoms with Crippen LogP contribution in [0.2, 0.25) is 5.02 Å². The van der Waals surface area contributed by atoms with E-state index in [0.717, 1.165) is 19.4 Å². The van der Waals surface area contributed by atoms with Gasteiger partial charge in [0.2, 0.25) is 0 Å². The van der Waals surface area contributed by atoms with E-state index in [9.17, 15) is 0 Å². The minimum atomic E-state index is 0.630. The largest absolute Gasteiger partial charge is 0.398 e. The van der Waals surface area contributed by atoms with E-state index in [4.69, 9.17) is 17.3 Å². The molecule has 0 spiro atoms. The third-order valence-electron chi connectivity index (χ3n) is 3.22. The monoisotopic (exact) mass is 274 g/mol. The number of nitrogens with zero attached hydrogens (tertiary/aromatic N) is 1. The van der Waals surface area contributed by atoms with Crippen molar-refractivity contribution in [1.29, 1.82) is 0 Å². The number of nitrogen functional groups attached to an aromatic ring is 1. The summed E-state index contributed by atoms with van der Waals surface area (Å²) in [5.41, 5.74) is 8.95. The zero-order valence-corrected chi connectivity index (χ0v) is 11.9. The summed E-state index contributed by atoms with van der Waals surface area (Å²) in [6.45, 7) is 1.02. The van der Waals surface area contributed by atoms with Gasteiger partial charge < -0.3 is 10.6 Å². The van der Waals surface area contributed by atoms with Gasteiger partial charge in [-0.15, -0.1) is 0 Å². The van der Waals surface area contributed by atoms with Gasteiger partial charge in [0.25, 0.3) is 0 Å². The van der Waals surface area contributed by atoms with Gasteiger partial charge in [-0.3, -0.25) is 0 Å². The van der Waals surface area contributed by atoms with Crippen LogP contribution in [0.4, 0.5) is 11.4 Å². The minimum Gasteiger partial charge on any atom is -0.398 e. The van der Waals surface area contributed by atoms with Crippen LogP contribution in [-0.4, -0.2) is 13.6 Å². The number of anilines is 2. The molecule has 0 radical (unpaired) electrons. The Morgan fingerprint density at radius 3 is 2.53 bits per heavy atom. The molecule has 0 unspecified atom stereocenters. The molecule has 0 bridgehead atoms. The summed E-state index contributed by atoms with van der Waals surface area (Å²) in [6.07, 6.45) is 2.10. The second kappa shape index (κ2) is 6.48. The van der Waals surface area contributed by atoms with Crippen molar-refractivity contribution >= 4 is 23.0 Å². The number of para-hydroxylation sites is 1. The lowest BCUT2D eigenvalue weighted by Gasteiger charge is -2.19. The maximum atomic E-state index is 5.91. The summed E-state index contributed by atoms with van der Waals surface area (Å²) in [5, 5.41) is 0.630. The molecule has 0 aromatic heterocycles. The lowest BCUT2D eigenvalue weighted by molar-refractivity contribution is 0.786. The second-order valence-electron chi connectivity index (χ2n) is 4.72. The first-order valence-electron chi connectivity index (χ1n) is 6.47. The number of rotatable bonds is 5. The van der Waals surface area contributed by atoms with E-state index in [0.29, 0.717) is 10.7 Å². The first-order valence-corrected chi connectivity index (χ1v) is 6.84. The molecule has 0 saturated carbocycles. The van der Waals surface area contributed by atoms with Crippen molar-refractivity contribution in [3.05, 3.63) is 59.1 Å².